The summed E-state index contributed by atoms with van der Waals surface area (Å²) >= 11 is 0. The second-order valence-corrected chi connectivity index (χ2v) is 14.2. The van der Waals surface area contributed by atoms with E-state index in [1.54, 1.807) is 0 Å². The van der Waals surface area contributed by atoms with Crippen molar-refractivity contribution in [3.05, 3.63) is 35.3 Å². The van der Waals surface area contributed by atoms with Gasteiger partial charge in [0.15, 0.2) is 12.4 Å². The second-order valence-electron chi connectivity index (χ2n) is 14.2. The van der Waals surface area contributed by atoms with Crippen LogP contribution in [0.2, 0.25) is 0 Å². The minimum atomic E-state index is -0.895. The molecule has 49 heavy (non-hydrogen) atoms. The molecular weight excluding hydrogens is 626 g/mol. The molecule has 1 heterocycles. The molecule has 1 aromatic rings. The summed E-state index contributed by atoms with van der Waals surface area (Å²) in [5.74, 6) is -1.36. The zero-order chi connectivity index (χ0) is 36.7. The topological polar surface area (TPSA) is 184 Å². The van der Waals surface area contributed by atoms with E-state index in [9.17, 15) is 29.2 Å². The largest absolute Gasteiger partial charge is 0.619 e. The molecule has 276 valence electrons. The van der Waals surface area contributed by atoms with E-state index in [0.717, 1.165) is 12.8 Å². The lowest BCUT2D eigenvalue weighted by Crippen LogP contribution is -2.58. The molecule has 1 fully saturated rings. The Labute approximate surface area is 292 Å². The Hall–Kier alpha value is -3.74. The van der Waals surface area contributed by atoms with Gasteiger partial charge in [0.1, 0.15) is 18.1 Å². The van der Waals surface area contributed by atoms with Crippen LogP contribution in [0.25, 0.3) is 0 Å². The molecule has 1 aliphatic carbocycles. The molecule has 6 atom stereocenters. The van der Waals surface area contributed by atoms with Crippen molar-refractivity contribution in [2.45, 2.75) is 131 Å². The van der Waals surface area contributed by atoms with Gasteiger partial charge >= 0.3 is 0 Å². The van der Waals surface area contributed by atoms with Gasteiger partial charge in [-0.15, -0.1) is 0 Å². The molecular formula is C36H61N7O6. The van der Waals surface area contributed by atoms with Crippen molar-refractivity contribution >= 4 is 29.5 Å². The number of pyridine rings is 1. The number of likely N-dealkylation sites (N-methyl/N-ethyl adjacent to an activating group) is 1. The second kappa shape index (κ2) is 20.7. The highest BCUT2D eigenvalue weighted by Gasteiger charge is 2.34. The van der Waals surface area contributed by atoms with Gasteiger partial charge in [0.2, 0.25) is 23.6 Å². The van der Waals surface area contributed by atoms with Gasteiger partial charge in [-0.1, -0.05) is 74.1 Å². The number of amides is 5. The first-order chi connectivity index (χ1) is 23.2. The Morgan fingerprint density at radius 3 is 1.98 bits per heavy atom. The van der Waals surface area contributed by atoms with E-state index in [1.165, 1.54) is 24.5 Å². The van der Waals surface area contributed by atoms with Crippen LogP contribution in [0.15, 0.2) is 24.5 Å². The Morgan fingerprint density at radius 1 is 0.816 bits per heavy atom. The van der Waals surface area contributed by atoms with Crippen LogP contribution in [0.5, 0.6) is 0 Å². The Bertz CT molecular complexity index is 1220. The molecule has 13 nitrogen and oxygen atoms in total. The summed E-state index contributed by atoms with van der Waals surface area (Å²) in [6.45, 7) is 16.3. The van der Waals surface area contributed by atoms with E-state index < -0.39 is 36.0 Å². The van der Waals surface area contributed by atoms with Crippen LogP contribution in [0.3, 0.4) is 0 Å². The molecule has 0 aliphatic heterocycles. The van der Waals surface area contributed by atoms with Crippen LogP contribution in [0.4, 0.5) is 0 Å². The first-order valence-corrected chi connectivity index (χ1v) is 18.1. The van der Waals surface area contributed by atoms with Gasteiger partial charge in [-0.3, -0.25) is 24.0 Å². The van der Waals surface area contributed by atoms with Gasteiger partial charge in [0.05, 0.1) is 11.6 Å². The maximum absolute atomic E-state index is 13.7. The molecule has 1 aromatic heterocycles. The quantitative estimate of drug-likeness (QED) is 0.0798. The van der Waals surface area contributed by atoms with E-state index in [0.29, 0.717) is 55.8 Å². The third-order valence-corrected chi connectivity index (χ3v) is 8.95. The number of nitrogens with one attached hydrogen (secondary N) is 6. The minimum absolute atomic E-state index is 0.0894. The monoisotopic (exact) mass is 687 g/mol. The number of carbonyl (C=O) groups is 5. The van der Waals surface area contributed by atoms with Crippen molar-refractivity contribution in [1.82, 2.24) is 31.9 Å². The smallest absolute Gasteiger partial charge is 0.252 e. The molecule has 5 amide bonds. The lowest BCUT2D eigenvalue weighted by atomic mass is 9.97. The number of hydrogen-bond donors (Lipinski definition) is 6. The summed E-state index contributed by atoms with van der Waals surface area (Å²) in [6.07, 6.45) is 7.47. The first kappa shape index (κ1) is 41.4. The maximum Gasteiger partial charge on any atom is 0.252 e. The highest BCUT2D eigenvalue weighted by molar-refractivity contribution is 5.98. The predicted molar refractivity (Wildman–Crippen MR) is 189 cm³/mol. The third-order valence-electron chi connectivity index (χ3n) is 8.95. The average Bonchev–Trinajstić information content (AvgIpc) is 3.87. The molecule has 1 saturated carbocycles. The van der Waals surface area contributed by atoms with Crippen LogP contribution in [-0.4, -0.2) is 72.8 Å². The Morgan fingerprint density at radius 2 is 1.45 bits per heavy atom. The van der Waals surface area contributed by atoms with Crippen LogP contribution in [-0.2, 0) is 19.2 Å². The number of nitrogens with zero attached hydrogens (tertiary/aromatic N) is 1. The molecule has 6 N–H and O–H groups in total. The van der Waals surface area contributed by atoms with Crippen LogP contribution >= 0.6 is 0 Å². The van der Waals surface area contributed by atoms with Crippen molar-refractivity contribution in [3.8, 4) is 0 Å². The Balaban J connectivity index is 2.15. The maximum atomic E-state index is 13.7. The van der Waals surface area contributed by atoms with Crippen molar-refractivity contribution in [1.29, 1.82) is 0 Å². The fraction of sp³-hybridized carbons (Fsp3) is 0.722. The fourth-order valence-corrected chi connectivity index (χ4v) is 5.70. The first-order valence-electron chi connectivity index (χ1n) is 18.1. The van der Waals surface area contributed by atoms with Gasteiger partial charge in [-0.05, 0) is 49.9 Å². The summed E-state index contributed by atoms with van der Waals surface area (Å²) in [7, 11) is 0. The average molecular weight is 688 g/mol. The van der Waals surface area contributed by atoms with Crippen molar-refractivity contribution < 1.29 is 28.7 Å². The SMILES string of the molecule is CCC[C@H](NC(=O)[C@@H](NC(=O)c1cc[n+]([O-])cc1)[C@@H](C)CC)C(=O)N[C@H](CN[C@@H](CC1CC1)C(=O)N[C@H](C(=O)NCC)C(C)C)CC(C)C. The van der Waals surface area contributed by atoms with Crippen LogP contribution < -0.4 is 36.6 Å². The summed E-state index contributed by atoms with van der Waals surface area (Å²) in [5, 5.41) is 29.4. The fourth-order valence-electron chi connectivity index (χ4n) is 5.70. The molecule has 0 bridgehead atoms. The third kappa shape index (κ3) is 14.3. The summed E-state index contributed by atoms with van der Waals surface area (Å²) in [5.41, 5.74) is 0.248. The highest BCUT2D eigenvalue weighted by atomic mass is 16.5. The molecule has 2 rings (SSSR count). The highest BCUT2D eigenvalue weighted by Crippen LogP contribution is 2.33. The summed E-state index contributed by atoms with van der Waals surface area (Å²) < 4.78 is 0.574. The van der Waals surface area contributed by atoms with Gasteiger partial charge in [0, 0.05) is 31.3 Å². The molecule has 0 radical (unpaired) electrons. The normalized spacial score (nSPS) is 16.5. The van der Waals surface area contributed by atoms with Crippen molar-refractivity contribution in [3.63, 3.8) is 0 Å². The number of carbonyl (C=O) groups excluding carboxylic acids is 5. The van der Waals surface area contributed by atoms with Gasteiger partial charge in [0.25, 0.3) is 5.91 Å². The van der Waals surface area contributed by atoms with Crippen molar-refractivity contribution in [2.24, 2.45) is 23.7 Å². The molecule has 0 unspecified atom stereocenters. The van der Waals surface area contributed by atoms with Gasteiger partial charge in [-0.2, -0.15) is 4.73 Å². The molecule has 13 heteroatoms. The number of rotatable bonds is 22. The van der Waals surface area contributed by atoms with Crippen molar-refractivity contribution in [2.75, 3.05) is 13.1 Å². The molecule has 0 spiro atoms. The lowest BCUT2D eigenvalue weighted by molar-refractivity contribution is -0.605. The zero-order valence-electron chi connectivity index (χ0n) is 30.8. The number of hydrogen-bond acceptors (Lipinski definition) is 7. The number of aromatic nitrogens is 1. The minimum Gasteiger partial charge on any atom is -0.619 e. The predicted octanol–water partition coefficient (Wildman–Crippen LogP) is 2.32. The zero-order valence-corrected chi connectivity index (χ0v) is 30.8. The van der Waals surface area contributed by atoms with E-state index in [4.69, 9.17) is 0 Å². The standard InChI is InChI=1S/C36H61N7O6/c1-9-12-28(40-36(48)31(24(8)10-2)42-32(44)26-15-17-43(49)18-16-26)33(45)39-27(19-22(4)5)21-38-29(20-25-13-14-25)34(46)41-30(23(6)7)35(47)37-11-3/h15-18,22-25,27-31,38H,9-14,19-21H2,1-8H3,(H,37,47)(H,39,45)(H,40,48)(H,41,46)(H,42,44)/t24-,27-,28-,29-,30-,31-/m0/s1. The molecule has 0 saturated heterocycles. The summed E-state index contributed by atoms with van der Waals surface area (Å²) in [4.78, 5) is 66.4. The van der Waals surface area contributed by atoms with Crippen LogP contribution in [0, 0.1) is 28.9 Å². The summed E-state index contributed by atoms with van der Waals surface area (Å²) in [6, 6.07) is -0.459. The van der Waals surface area contributed by atoms with Gasteiger partial charge in [-0.25, -0.2) is 0 Å². The van der Waals surface area contributed by atoms with Crippen LogP contribution in [0.1, 0.15) is 111 Å². The molecule has 1 aliphatic rings. The Kier molecular flexibility index (Phi) is 17.5. The van der Waals surface area contributed by atoms with E-state index >= 15 is 0 Å². The molecule has 0 aromatic carbocycles. The van der Waals surface area contributed by atoms with Gasteiger partial charge < -0.3 is 37.1 Å². The lowest BCUT2D eigenvalue weighted by Gasteiger charge is -2.29. The van der Waals surface area contributed by atoms with E-state index in [2.05, 4.69) is 45.7 Å². The van der Waals surface area contributed by atoms with E-state index in [-0.39, 0.29) is 47.1 Å². The van der Waals surface area contributed by atoms with E-state index in [1.807, 2.05) is 41.5 Å².